The van der Waals surface area contributed by atoms with Crippen LogP contribution in [0.15, 0.2) is 23.1 Å². The van der Waals surface area contributed by atoms with Gasteiger partial charge >= 0.3 is 0 Å². The van der Waals surface area contributed by atoms with Gasteiger partial charge in [-0.1, -0.05) is 24.4 Å². The van der Waals surface area contributed by atoms with Crippen LogP contribution in [-0.4, -0.2) is 26.0 Å². The van der Waals surface area contributed by atoms with E-state index in [0.717, 1.165) is 12.8 Å². The van der Waals surface area contributed by atoms with Crippen LogP contribution in [0, 0.1) is 0 Å². The highest BCUT2D eigenvalue weighted by molar-refractivity contribution is 8.00. The summed E-state index contributed by atoms with van der Waals surface area (Å²) >= 11 is 7.73. The molecule has 118 valence electrons. The molecule has 21 heavy (non-hydrogen) atoms. The molecule has 0 bridgehead atoms. The van der Waals surface area contributed by atoms with Crippen molar-refractivity contribution in [1.29, 1.82) is 0 Å². The molecule has 1 aliphatic carbocycles. The lowest BCUT2D eigenvalue weighted by atomic mass is 10.1. The van der Waals surface area contributed by atoms with E-state index in [1.54, 1.807) is 23.9 Å². The van der Waals surface area contributed by atoms with Gasteiger partial charge in [0.15, 0.2) is 0 Å². The van der Waals surface area contributed by atoms with Crippen molar-refractivity contribution >= 4 is 33.4 Å². The minimum absolute atomic E-state index is 0.0379. The van der Waals surface area contributed by atoms with Crippen molar-refractivity contribution < 1.29 is 8.42 Å². The van der Waals surface area contributed by atoms with Gasteiger partial charge in [0.05, 0.1) is 4.90 Å². The third-order valence-corrected chi connectivity index (χ3v) is 7.27. The maximum atomic E-state index is 12.4. The molecule has 4 nitrogen and oxygen atoms in total. The van der Waals surface area contributed by atoms with Crippen LogP contribution in [0.25, 0.3) is 0 Å². The topological polar surface area (TPSA) is 72.2 Å². The second kappa shape index (κ2) is 6.87. The molecule has 1 aromatic carbocycles. The third-order valence-electron chi connectivity index (χ3n) is 4.08. The highest BCUT2D eigenvalue weighted by Gasteiger charge is 2.34. The molecule has 0 aliphatic heterocycles. The number of nitrogens with two attached hydrogens (primary N) is 1. The summed E-state index contributed by atoms with van der Waals surface area (Å²) in [6.45, 7) is 0.689. The minimum atomic E-state index is -3.52. The van der Waals surface area contributed by atoms with Crippen LogP contribution in [-0.2, 0) is 16.6 Å². The molecule has 1 saturated carbocycles. The summed E-state index contributed by atoms with van der Waals surface area (Å²) in [5.41, 5.74) is 6.21. The standard InChI is InChI=1S/C14H21ClN2O2S2/c1-20-14(6-2-3-7-14)10-17-21(18,19)12-4-5-13(15)11(8-12)9-16/h4-5,8,17H,2-3,6-7,9-10,16H2,1H3. The average Bonchev–Trinajstić information content (AvgIpc) is 2.95. The molecule has 0 spiro atoms. The Morgan fingerprint density at radius 2 is 2.05 bits per heavy atom. The Balaban J connectivity index is 2.15. The highest BCUT2D eigenvalue weighted by atomic mass is 35.5. The molecule has 0 saturated heterocycles. The molecule has 0 aromatic heterocycles. The monoisotopic (exact) mass is 348 g/mol. The van der Waals surface area contributed by atoms with E-state index in [1.807, 2.05) is 0 Å². The van der Waals surface area contributed by atoms with Gasteiger partial charge in [-0.2, -0.15) is 11.8 Å². The molecular weight excluding hydrogens is 328 g/mol. The predicted molar refractivity (Wildman–Crippen MR) is 89.2 cm³/mol. The van der Waals surface area contributed by atoms with E-state index >= 15 is 0 Å². The zero-order valence-electron chi connectivity index (χ0n) is 12.1. The number of thioether (sulfide) groups is 1. The number of hydrogen-bond donors (Lipinski definition) is 2. The van der Waals surface area contributed by atoms with Crippen LogP contribution in [0.4, 0.5) is 0 Å². The zero-order chi connectivity index (χ0) is 15.5. The van der Waals surface area contributed by atoms with Gasteiger partial charge in [-0.3, -0.25) is 0 Å². The maximum Gasteiger partial charge on any atom is 0.240 e. The Labute approximate surface area is 135 Å². The van der Waals surface area contributed by atoms with E-state index in [4.69, 9.17) is 17.3 Å². The normalized spacial score (nSPS) is 18.0. The molecule has 1 fully saturated rings. The van der Waals surface area contributed by atoms with Crippen LogP contribution in [0.2, 0.25) is 5.02 Å². The fourth-order valence-corrected chi connectivity index (χ4v) is 5.03. The summed E-state index contributed by atoms with van der Waals surface area (Å²) in [6.07, 6.45) is 6.51. The first kappa shape index (κ1) is 17.1. The van der Waals surface area contributed by atoms with Crippen LogP contribution in [0.1, 0.15) is 31.2 Å². The second-order valence-corrected chi connectivity index (χ2v) is 8.82. The summed E-state index contributed by atoms with van der Waals surface area (Å²) in [5, 5.41) is 0.493. The first-order chi connectivity index (χ1) is 9.92. The van der Waals surface area contributed by atoms with Crippen molar-refractivity contribution in [3.63, 3.8) is 0 Å². The largest absolute Gasteiger partial charge is 0.326 e. The maximum absolute atomic E-state index is 12.4. The summed E-state index contributed by atoms with van der Waals surface area (Å²) in [7, 11) is -3.52. The molecule has 0 heterocycles. The first-order valence-electron chi connectivity index (χ1n) is 6.96. The van der Waals surface area contributed by atoms with Gasteiger partial charge in [0.2, 0.25) is 10.0 Å². The lowest BCUT2D eigenvalue weighted by molar-refractivity contribution is 0.551. The molecule has 3 N–H and O–H groups in total. The smallest absolute Gasteiger partial charge is 0.240 e. The van der Waals surface area contributed by atoms with Gasteiger partial charge in [-0.25, -0.2) is 13.1 Å². The minimum Gasteiger partial charge on any atom is -0.326 e. The summed E-state index contributed by atoms with van der Waals surface area (Å²) in [6, 6.07) is 4.65. The van der Waals surface area contributed by atoms with E-state index in [0.29, 0.717) is 17.1 Å². The fraction of sp³-hybridized carbons (Fsp3) is 0.571. The summed E-state index contributed by atoms with van der Waals surface area (Å²) in [4.78, 5) is 0.224. The Morgan fingerprint density at radius 1 is 1.38 bits per heavy atom. The van der Waals surface area contributed by atoms with Crippen molar-refractivity contribution in [1.82, 2.24) is 4.72 Å². The molecule has 1 aliphatic rings. The van der Waals surface area contributed by atoms with Crippen molar-refractivity contribution in [3.8, 4) is 0 Å². The SMILES string of the molecule is CSC1(CNS(=O)(=O)c2ccc(Cl)c(CN)c2)CCCC1. The van der Waals surface area contributed by atoms with Crippen molar-refractivity contribution in [3.05, 3.63) is 28.8 Å². The Kier molecular flexibility index (Phi) is 5.59. The molecule has 0 amide bonds. The number of rotatable bonds is 6. The van der Waals surface area contributed by atoms with E-state index < -0.39 is 10.0 Å². The molecule has 2 rings (SSSR count). The average molecular weight is 349 g/mol. The van der Waals surface area contributed by atoms with E-state index in [2.05, 4.69) is 11.0 Å². The number of benzene rings is 1. The predicted octanol–water partition coefficient (Wildman–Crippen LogP) is 2.75. The number of halogens is 1. The molecule has 0 radical (unpaired) electrons. The lowest BCUT2D eigenvalue weighted by Crippen LogP contribution is -2.38. The molecule has 0 atom stereocenters. The molecule has 0 unspecified atom stereocenters. The van der Waals surface area contributed by atoms with E-state index in [-0.39, 0.29) is 16.2 Å². The summed E-state index contributed by atoms with van der Waals surface area (Å²) < 4.78 is 27.6. The van der Waals surface area contributed by atoms with E-state index in [9.17, 15) is 8.42 Å². The van der Waals surface area contributed by atoms with Crippen LogP contribution >= 0.6 is 23.4 Å². The highest BCUT2D eigenvalue weighted by Crippen LogP contribution is 2.39. The van der Waals surface area contributed by atoms with Crippen LogP contribution in [0.5, 0.6) is 0 Å². The number of nitrogens with one attached hydrogen (secondary N) is 1. The third kappa shape index (κ3) is 3.93. The van der Waals surface area contributed by atoms with Crippen molar-refractivity contribution in [2.75, 3.05) is 12.8 Å². The molecule has 1 aromatic rings. The van der Waals surface area contributed by atoms with Gasteiger partial charge in [0.25, 0.3) is 0 Å². The van der Waals surface area contributed by atoms with Gasteiger partial charge in [0, 0.05) is 22.9 Å². The Hall–Kier alpha value is -0.270. The van der Waals surface area contributed by atoms with Gasteiger partial charge in [0.1, 0.15) is 0 Å². The van der Waals surface area contributed by atoms with E-state index in [1.165, 1.54) is 18.9 Å². The number of sulfonamides is 1. The van der Waals surface area contributed by atoms with Crippen LogP contribution in [0.3, 0.4) is 0 Å². The Bertz CT molecular complexity index is 599. The first-order valence-corrected chi connectivity index (χ1v) is 10.0. The lowest BCUT2D eigenvalue weighted by Gasteiger charge is -2.26. The quantitative estimate of drug-likeness (QED) is 0.829. The van der Waals surface area contributed by atoms with Gasteiger partial charge < -0.3 is 5.73 Å². The fourth-order valence-electron chi connectivity index (χ4n) is 2.66. The van der Waals surface area contributed by atoms with Gasteiger partial charge in [-0.15, -0.1) is 0 Å². The Morgan fingerprint density at radius 3 is 2.62 bits per heavy atom. The van der Waals surface area contributed by atoms with Gasteiger partial charge in [-0.05, 0) is 42.9 Å². The number of hydrogen-bond acceptors (Lipinski definition) is 4. The zero-order valence-corrected chi connectivity index (χ0v) is 14.5. The second-order valence-electron chi connectivity index (χ2n) is 5.38. The molecule has 7 heteroatoms. The van der Waals surface area contributed by atoms with Crippen molar-refractivity contribution in [2.24, 2.45) is 5.73 Å². The molecular formula is C14H21ClN2O2S2. The summed E-state index contributed by atoms with van der Waals surface area (Å²) in [5.74, 6) is 0. The van der Waals surface area contributed by atoms with Crippen molar-refractivity contribution in [2.45, 2.75) is 41.9 Å². The van der Waals surface area contributed by atoms with Crippen LogP contribution < -0.4 is 10.5 Å².